The number of aryl methyl sites for hydroxylation is 1. The highest BCUT2D eigenvalue weighted by Gasteiger charge is 2.32. The highest BCUT2D eigenvalue weighted by Crippen LogP contribution is 2.35. The van der Waals surface area contributed by atoms with Gasteiger partial charge in [-0.25, -0.2) is 9.59 Å². The molecule has 170 valence electrons. The Morgan fingerprint density at radius 3 is 2.44 bits per heavy atom. The van der Waals surface area contributed by atoms with Gasteiger partial charge in [-0.2, -0.15) is 0 Å². The van der Waals surface area contributed by atoms with Crippen LogP contribution in [0.5, 0.6) is 11.5 Å². The minimum atomic E-state index is -0.654. The molecule has 1 aliphatic rings. The molecule has 0 aliphatic carbocycles. The number of nitrogens with one attached hydrogen (secondary N) is 2. The summed E-state index contributed by atoms with van der Waals surface area (Å²) in [5, 5.41) is 5.47. The van der Waals surface area contributed by atoms with Crippen LogP contribution in [0.3, 0.4) is 0 Å². The van der Waals surface area contributed by atoms with Gasteiger partial charge in [-0.3, -0.25) is 0 Å². The second kappa shape index (κ2) is 10.7. The van der Waals surface area contributed by atoms with E-state index in [4.69, 9.17) is 14.2 Å². The summed E-state index contributed by atoms with van der Waals surface area (Å²) >= 11 is 0. The second-order valence-electron chi connectivity index (χ2n) is 7.62. The molecule has 0 spiro atoms. The van der Waals surface area contributed by atoms with E-state index in [0.29, 0.717) is 54.6 Å². The number of amides is 2. The SMILES string of the molecule is CCCOC(=O)C1=C(C)NC(=O)NC1c1ccc(OCc2ccc(C)cc2)c(OCC)c1. The molecule has 0 radical (unpaired) electrons. The number of carbonyl (C=O) groups is 2. The molecule has 0 saturated carbocycles. The molecule has 2 N–H and O–H groups in total. The largest absolute Gasteiger partial charge is 0.490 e. The maximum atomic E-state index is 12.7. The lowest BCUT2D eigenvalue weighted by Crippen LogP contribution is -2.45. The summed E-state index contributed by atoms with van der Waals surface area (Å²) in [6.07, 6.45) is 0.712. The van der Waals surface area contributed by atoms with Crippen molar-refractivity contribution < 1.29 is 23.8 Å². The molecule has 0 saturated heterocycles. The van der Waals surface area contributed by atoms with Gasteiger partial charge >= 0.3 is 12.0 Å². The van der Waals surface area contributed by atoms with Gasteiger partial charge < -0.3 is 24.8 Å². The van der Waals surface area contributed by atoms with E-state index in [1.165, 1.54) is 5.56 Å². The van der Waals surface area contributed by atoms with Crippen LogP contribution in [0.4, 0.5) is 4.79 Å². The van der Waals surface area contributed by atoms with Crippen molar-refractivity contribution in [2.75, 3.05) is 13.2 Å². The summed E-state index contributed by atoms with van der Waals surface area (Å²) in [6, 6.07) is 12.5. The smallest absolute Gasteiger partial charge is 0.338 e. The fourth-order valence-electron chi connectivity index (χ4n) is 3.42. The molecule has 3 rings (SSSR count). The van der Waals surface area contributed by atoms with E-state index >= 15 is 0 Å². The molecule has 32 heavy (non-hydrogen) atoms. The van der Waals surface area contributed by atoms with Gasteiger partial charge in [-0.15, -0.1) is 0 Å². The van der Waals surface area contributed by atoms with Crippen LogP contribution in [0.15, 0.2) is 53.7 Å². The number of urea groups is 1. The molecular weight excluding hydrogens is 408 g/mol. The van der Waals surface area contributed by atoms with E-state index in [2.05, 4.69) is 10.6 Å². The average molecular weight is 439 g/mol. The van der Waals surface area contributed by atoms with E-state index in [0.717, 1.165) is 5.56 Å². The molecular formula is C25H30N2O5. The lowest BCUT2D eigenvalue weighted by Gasteiger charge is -2.28. The molecule has 1 aliphatic heterocycles. The molecule has 0 aromatic heterocycles. The van der Waals surface area contributed by atoms with Crippen molar-refractivity contribution >= 4 is 12.0 Å². The summed E-state index contributed by atoms with van der Waals surface area (Å²) in [4.78, 5) is 24.8. The second-order valence-corrected chi connectivity index (χ2v) is 7.62. The first-order valence-electron chi connectivity index (χ1n) is 10.8. The van der Waals surface area contributed by atoms with Crippen LogP contribution in [-0.2, 0) is 16.1 Å². The Bertz CT molecular complexity index is 998. The maximum absolute atomic E-state index is 12.7. The summed E-state index contributed by atoms with van der Waals surface area (Å²) in [5.41, 5.74) is 3.78. The Labute approximate surface area is 188 Å². The molecule has 0 fully saturated rings. The van der Waals surface area contributed by atoms with Gasteiger partial charge in [0.25, 0.3) is 0 Å². The van der Waals surface area contributed by atoms with E-state index in [1.807, 2.05) is 51.1 Å². The van der Waals surface area contributed by atoms with Crippen molar-refractivity contribution in [3.05, 3.63) is 70.4 Å². The molecule has 0 bridgehead atoms. The summed E-state index contributed by atoms with van der Waals surface area (Å²) in [5.74, 6) is 0.676. The van der Waals surface area contributed by atoms with Crippen molar-refractivity contribution in [3.8, 4) is 11.5 Å². The van der Waals surface area contributed by atoms with Crippen molar-refractivity contribution in [2.45, 2.75) is 46.8 Å². The Balaban J connectivity index is 1.88. The van der Waals surface area contributed by atoms with Gasteiger partial charge in [0.15, 0.2) is 11.5 Å². The van der Waals surface area contributed by atoms with Gasteiger partial charge in [0.05, 0.1) is 24.8 Å². The van der Waals surface area contributed by atoms with Gasteiger partial charge in [-0.05, 0) is 50.5 Å². The number of carbonyl (C=O) groups excluding carboxylic acids is 2. The number of hydrogen-bond donors (Lipinski definition) is 2. The summed E-state index contributed by atoms with van der Waals surface area (Å²) in [6.45, 7) is 8.71. The van der Waals surface area contributed by atoms with Crippen LogP contribution >= 0.6 is 0 Å². The fourth-order valence-corrected chi connectivity index (χ4v) is 3.42. The van der Waals surface area contributed by atoms with Crippen LogP contribution in [0.1, 0.15) is 49.9 Å². The predicted octanol–water partition coefficient (Wildman–Crippen LogP) is 4.55. The van der Waals surface area contributed by atoms with Crippen LogP contribution in [0, 0.1) is 6.92 Å². The topological polar surface area (TPSA) is 85.9 Å². The molecule has 1 heterocycles. The third kappa shape index (κ3) is 5.60. The molecule has 1 unspecified atom stereocenters. The fraction of sp³-hybridized carbons (Fsp3) is 0.360. The highest BCUT2D eigenvalue weighted by molar-refractivity contribution is 5.95. The lowest BCUT2D eigenvalue weighted by molar-refractivity contribution is -0.139. The summed E-state index contributed by atoms with van der Waals surface area (Å²) < 4.78 is 17.1. The number of allylic oxidation sites excluding steroid dienone is 1. The maximum Gasteiger partial charge on any atom is 0.338 e. The Morgan fingerprint density at radius 1 is 1.00 bits per heavy atom. The molecule has 2 amide bonds. The Morgan fingerprint density at radius 2 is 1.75 bits per heavy atom. The molecule has 2 aromatic rings. The monoisotopic (exact) mass is 438 g/mol. The third-order valence-corrected chi connectivity index (χ3v) is 5.04. The standard InChI is InChI=1S/C25H30N2O5/c1-5-13-31-24(28)22-17(4)26-25(29)27-23(22)19-11-12-20(21(14-19)30-6-2)32-15-18-9-7-16(3)8-10-18/h7-12,14,23H,5-6,13,15H2,1-4H3,(H2,26,27,29). The molecule has 7 heteroatoms. The number of ether oxygens (including phenoxy) is 3. The van der Waals surface area contributed by atoms with Gasteiger partial charge in [0, 0.05) is 5.70 Å². The van der Waals surface area contributed by atoms with Crippen LogP contribution < -0.4 is 20.1 Å². The number of rotatable bonds is 9. The quantitative estimate of drug-likeness (QED) is 0.561. The highest BCUT2D eigenvalue weighted by atomic mass is 16.5. The summed E-state index contributed by atoms with van der Waals surface area (Å²) in [7, 11) is 0. The van der Waals surface area contributed by atoms with E-state index in [1.54, 1.807) is 19.1 Å². The number of benzene rings is 2. The average Bonchev–Trinajstić information content (AvgIpc) is 2.77. The zero-order valence-corrected chi connectivity index (χ0v) is 19.0. The first-order chi connectivity index (χ1) is 15.4. The van der Waals surface area contributed by atoms with Gasteiger partial charge in [-0.1, -0.05) is 42.8 Å². The first kappa shape index (κ1) is 23.2. The van der Waals surface area contributed by atoms with Gasteiger partial charge in [0.1, 0.15) is 6.61 Å². The van der Waals surface area contributed by atoms with Crippen LogP contribution in [-0.4, -0.2) is 25.2 Å². The Kier molecular flexibility index (Phi) is 7.76. The normalized spacial score (nSPS) is 15.6. The van der Waals surface area contributed by atoms with Crippen molar-refractivity contribution in [1.82, 2.24) is 10.6 Å². The molecule has 2 aromatic carbocycles. The van der Waals surface area contributed by atoms with Crippen LogP contribution in [0.25, 0.3) is 0 Å². The van der Waals surface area contributed by atoms with Crippen molar-refractivity contribution in [1.29, 1.82) is 0 Å². The number of hydrogen-bond acceptors (Lipinski definition) is 5. The zero-order valence-electron chi connectivity index (χ0n) is 19.0. The first-order valence-corrected chi connectivity index (χ1v) is 10.8. The zero-order chi connectivity index (χ0) is 23.1. The molecule has 7 nitrogen and oxygen atoms in total. The van der Waals surface area contributed by atoms with E-state index < -0.39 is 12.0 Å². The minimum absolute atomic E-state index is 0.312. The van der Waals surface area contributed by atoms with E-state index in [-0.39, 0.29) is 6.03 Å². The van der Waals surface area contributed by atoms with E-state index in [9.17, 15) is 9.59 Å². The van der Waals surface area contributed by atoms with Crippen molar-refractivity contribution in [2.24, 2.45) is 0 Å². The van der Waals surface area contributed by atoms with Crippen molar-refractivity contribution in [3.63, 3.8) is 0 Å². The number of esters is 1. The third-order valence-electron chi connectivity index (χ3n) is 5.04. The molecule has 1 atom stereocenters. The van der Waals surface area contributed by atoms with Crippen LogP contribution in [0.2, 0.25) is 0 Å². The lowest BCUT2D eigenvalue weighted by atomic mass is 9.95. The van der Waals surface area contributed by atoms with Gasteiger partial charge in [0.2, 0.25) is 0 Å². The Hall–Kier alpha value is -3.48. The minimum Gasteiger partial charge on any atom is -0.490 e. The predicted molar refractivity (Wildman–Crippen MR) is 121 cm³/mol.